The fraction of sp³-hybridized carbons (Fsp3) is 0.652. The van der Waals surface area contributed by atoms with Crippen molar-refractivity contribution in [1.82, 2.24) is 20.4 Å². The molecule has 30 heavy (non-hydrogen) atoms. The molecule has 1 aliphatic carbocycles. The van der Waals surface area contributed by atoms with Crippen molar-refractivity contribution in [2.75, 3.05) is 19.8 Å². The summed E-state index contributed by atoms with van der Waals surface area (Å²) in [6.07, 6.45) is 7.02. The number of aromatic nitrogens is 3. The second kappa shape index (κ2) is 9.25. The smallest absolute Gasteiger partial charge is 0.225 e. The predicted octanol–water partition coefficient (Wildman–Crippen LogP) is 3.99. The van der Waals surface area contributed by atoms with Gasteiger partial charge in [0.25, 0.3) is 0 Å². The molecule has 0 aromatic carbocycles. The molecule has 1 saturated heterocycles. The van der Waals surface area contributed by atoms with Crippen molar-refractivity contribution >= 4 is 5.91 Å². The van der Waals surface area contributed by atoms with E-state index in [1.165, 1.54) is 0 Å². The van der Waals surface area contributed by atoms with Crippen molar-refractivity contribution in [2.24, 2.45) is 11.8 Å². The van der Waals surface area contributed by atoms with Crippen LogP contribution in [-0.4, -0.2) is 40.8 Å². The zero-order chi connectivity index (χ0) is 21.1. The van der Waals surface area contributed by atoms with Crippen LogP contribution in [0.15, 0.2) is 16.8 Å². The first-order valence-corrected chi connectivity index (χ1v) is 11.2. The van der Waals surface area contributed by atoms with Gasteiger partial charge in [0.2, 0.25) is 5.91 Å². The van der Waals surface area contributed by atoms with Gasteiger partial charge in [0.1, 0.15) is 5.82 Å². The minimum Gasteiger partial charge on any atom is -0.381 e. The maximum atomic E-state index is 12.3. The molecule has 7 nitrogen and oxygen atoms in total. The average molecular weight is 413 g/mol. The Morgan fingerprint density at radius 1 is 1.23 bits per heavy atom. The Bertz CT molecular complexity index is 865. The van der Waals surface area contributed by atoms with Crippen LogP contribution in [0.3, 0.4) is 0 Å². The largest absolute Gasteiger partial charge is 0.381 e. The summed E-state index contributed by atoms with van der Waals surface area (Å²) >= 11 is 0. The van der Waals surface area contributed by atoms with Gasteiger partial charge in [-0.05, 0) is 44.9 Å². The molecular formula is C23H32N4O3. The number of hydrogen-bond acceptors (Lipinski definition) is 6. The highest BCUT2D eigenvalue weighted by Crippen LogP contribution is 2.39. The van der Waals surface area contributed by atoms with Crippen LogP contribution in [-0.2, 0) is 9.53 Å². The average Bonchev–Trinajstić information content (AvgIpc) is 3.44. The van der Waals surface area contributed by atoms with E-state index in [0.29, 0.717) is 25.0 Å². The molecule has 0 radical (unpaired) electrons. The van der Waals surface area contributed by atoms with E-state index in [0.717, 1.165) is 67.2 Å². The van der Waals surface area contributed by atoms with Gasteiger partial charge >= 0.3 is 0 Å². The van der Waals surface area contributed by atoms with Crippen molar-refractivity contribution in [3.63, 3.8) is 0 Å². The van der Waals surface area contributed by atoms with Crippen molar-refractivity contribution in [1.29, 1.82) is 0 Å². The fourth-order valence-corrected chi connectivity index (χ4v) is 4.45. The van der Waals surface area contributed by atoms with E-state index in [4.69, 9.17) is 14.2 Å². The first-order valence-electron chi connectivity index (χ1n) is 11.2. The molecule has 162 valence electrons. The Morgan fingerprint density at radius 2 is 2.03 bits per heavy atom. The van der Waals surface area contributed by atoms with Crippen LogP contribution in [0, 0.1) is 18.8 Å². The highest BCUT2D eigenvalue weighted by Gasteiger charge is 2.29. The first-order chi connectivity index (χ1) is 14.5. The number of rotatable bonds is 6. The minimum absolute atomic E-state index is 0.0322. The molecule has 1 N–H and O–H groups in total. The van der Waals surface area contributed by atoms with E-state index < -0.39 is 0 Å². The molecule has 2 aliphatic rings. The summed E-state index contributed by atoms with van der Waals surface area (Å²) in [7, 11) is 0. The lowest BCUT2D eigenvalue weighted by Gasteiger charge is -2.29. The Labute approximate surface area is 178 Å². The summed E-state index contributed by atoms with van der Waals surface area (Å²) in [4.78, 5) is 21.8. The highest BCUT2D eigenvalue weighted by molar-refractivity contribution is 5.78. The van der Waals surface area contributed by atoms with E-state index in [1.54, 1.807) is 0 Å². The lowest BCUT2D eigenvalue weighted by atomic mass is 9.79. The van der Waals surface area contributed by atoms with Gasteiger partial charge in [-0.2, -0.15) is 0 Å². The minimum atomic E-state index is 0.0322. The molecule has 0 spiro atoms. The SMILES string of the molecule is Cc1cc(-c2cnc(C(C)C)nc2C2CCC(CNC(=O)[C@@H]3CCOC3)CC2)on1. The Hall–Kier alpha value is -2.28. The van der Waals surface area contributed by atoms with E-state index in [-0.39, 0.29) is 17.7 Å². The molecule has 2 aromatic heterocycles. The lowest BCUT2D eigenvalue weighted by Crippen LogP contribution is -2.35. The predicted molar refractivity (Wildman–Crippen MR) is 113 cm³/mol. The quantitative estimate of drug-likeness (QED) is 0.771. The first kappa shape index (κ1) is 21.0. The lowest BCUT2D eigenvalue weighted by molar-refractivity contribution is -0.125. The molecule has 1 saturated carbocycles. The van der Waals surface area contributed by atoms with Crippen LogP contribution < -0.4 is 5.32 Å². The van der Waals surface area contributed by atoms with Crippen LogP contribution in [0.25, 0.3) is 11.3 Å². The number of aryl methyl sites for hydroxylation is 1. The Balaban J connectivity index is 1.42. The van der Waals surface area contributed by atoms with E-state index >= 15 is 0 Å². The third kappa shape index (κ3) is 4.72. The van der Waals surface area contributed by atoms with Crippen LogP contribution in [0.2, 0.25) is 0 Å². The zero-order valence-electron chi connectivity index (χ0n) is 18.2. The summed E-state index contributed by atoms with van der Waals surface area (Å²) in [6, 6.07) is 1.95. The van der Waals surface area contributed by atoms with Crippen LogP contribution in [0.4, 0.5) is 0 Å². The van der Waals surface area contributed by atoms with Crippen LogP contribution in [0.1, 0.15) is 75.0 Å². The van der Waals surface area contributed by atoms with Gasteiger partial charge in [0.05, 0.1) is 29.5 Å². The van der Waals surface area contributed by atoms with Crippen LogP contribution >= 0.6 is 0 Å². The number of carbonyl (C=O) groups excluding carboxylic acids is 1. The molecule has 0 unspecified atom stereocenters. The number of ether oxygens (including phenoxy) is 1. The van der Waals surface area contributed by atoms with Crippen molar-refractivity contribution in [3.05, 3.63) is 29.5 Å². The molecule has 1 amide bonds. The summed E-state index contributed by atoms with van der Waals surface area (Å²) in [5, 5.41) is 7.19. The molecule has 1 aliphatic heterocycles. The number of hydrogen-bond donors (Lipinski definition) is 1. The monoisotopic (exact) mass is 412 g/mol. The molecule has 0 bridgehead atoms. The van der Waals surface area contributed by atoms with Gasteiger partial charge < -0.3 is 14.6 Å². The molecule has 3 heterocycles. The van der Waals surface area contributed by atoms with Crippen molar-refractivity contribution < 1.29 is 14.1 Å². The third-order valence-electron chi connectivity index (χ3n) is 6.35. The maximum absolute atomic E-state index is 12.3. The van der Waals surface area contributed by atoms with Gasteiger partial charge in [0, 0.05) is 37.3 Å². The van der Waals surface area contributed by atoms with E-state index in [2.05, 4.69) is 29.3 Å². The molecule has 1 atom stereocenters. The van der Waals surface area contributed by atoms with E-state index in [1.807, 2.05) is 19.2 Å². The van der Waals surface area contributed by atoms with Crippen molar-refractivity contribution in [2.45, 2.75) is 64.7 Å². The number of carbonyl (C=O) groups is 1. The van der Waals surface area contributed by atoms with Gasteiger partial charge in [-0.15, -0.1) is 0 Å². The number of amides is 1. The molecule has 2 fully saturated rings. The summed E-state index contributed by atoms with van der Waals surface area (Å²) < 4.78 is 10.9. The summed E-state index contributed by atoms with van der Waals surface area (Å²) in [5.74, 6) is 2.97. The summed E-state index contributed by atoms with van der Waals surface area (Å²) in [6.45, 7) is 8.19. The third-order valence-corrected chi connectivity index (χ3v) is 6.35. The second-order valence-corrected chi connectivity index (χ2v) is 9.04. The van der Waals surface area contributed by atoms with E-state index in [9.17, 15) is 4.79 Å². The topological polar surface area (TPSA) is 90.1 Å². The number of nitrogens with zero attached hydrogens (tertiary/aromatic N) is 3. The highest BCUT2D eigenvalue weighted by atomic mass is 16.5. The normalized spacial score (nSPS) is 24.3. The second-order valence-electron chi connectivity index (χ2n) is 9.04. The number of nitrogens with one attached hydrogen (secondary N) is 1. The fourth-order valence-electron chi connectivity index (χ4n) is 4.45. The molecule has 7 heteroatoms. The molecule has 4 rings (SSSR count). The maximum Gasteiger partial charge on any atom is 0.225 e. The van der Waals surface area contributed by atoms with Gasteiger partial charge in [-0.25, -0.2) is 9.97 Å². The van der Waals surface area contributed by atoms with Crippen molar-refractivity contribution in [3.8, 4) is 11.3 Å². The van der Waals surface area contributed by atoms with Gasteiger partial charge in [0.15, 0.2) is 5.76 Å². The Kier molecular flexibility index (Phi) is 6.46. The standard InChI is InChI=1S/C23H32N4O3/c1-14(2)22-24-12-19(20-10-15(3)27-30-20)21(26-22)17-6-4-16(5-7-17)11-25-23(28)18-8-9-29-13-18/h10,12,14,16-18H,4-9,11,13H2,1-3H3,(H,25,28)/t16?,17?,18-/m1/s1. The van der Waals surface area contributed by atoms with Gasteiger partial charge in [-0.3, -0.25) is 4.79 Å². The van der Waals surface area contributed by atoms with Crippen LogP contribution in [0.5, 0.6) is 0 Å². The molecule has 2 aromatic rings. The van der Waals surface area contributed by atoms with Gasteiger partial charge in [-0.1, -0.05) is 19.0 Å². The molecular weight excluding hydrogens is 380 g/mol. The zero-order valence-corrected chi connectivity index (χ0v) is 18.2. The Morgan fingerprint density at radius 3 is 2.67 bits per heavy atom. The summed E-state index contributed by atoms with van der Waals surface area (Å²) in [5.41, 5.74) is 2.89.